The molecule has 1 unspecified atom stereocenters. The first-order chi connectivity index (χ1) is 7.00. The van der Waals surface area contributed by atoms with Crippen molar-refractivity contribution in [1.29, 1.82) is 0 Å². The molecule has 0 saturated heterocycles. The molecule has 1 atom stereocenters. The van der Waals surface area contributed by atoms with E-state index in [4.69, 9.17) is 10.5 Å². The van der Waals surface area contributed by atoms with Crippen molar-refractivity contribution in [2.24, 2.45) is 5.73 Å². The Morgan fingerprint density at radius 1 is 1.60 bits per heavy atom. The molecule has 0 spiro atoms. The third-order valence-electron chi connectivity index (χ3n) is 1.99. The second-order valence-corrected chi connectivity index (χ2v) is 3.47. The van der Waals surface area contributed by atoms with Crippen LogP contribution in [0.4, 0.5) is 0 Å². The molecule has 0 bridgehead atoms. The highest BCUT2D eigenvalue weighted by Crippen LogP contribution is 2.25. The van der Waals surface area contributed by atoms with Gasteiger partial charge in [0, 0.05) is 5.56 Å². The van der Waals surface area contributed by atoms with Gasteiger partial charge in [0.1, 0.15) is 5.75 Å². The SMILES string of the molecule is Cc1ccc(OCC(N)=O)c(C(C)O)c1. The molecule has 0 aliphatic rings. The topological polar surface area (TPSA) is 72.5 Å². The average Bonchev–Trinajstić information content (AvgIpc) is 2.15. The molecule has 0 aliphatic heterocycles. The molecule has 1 amide bonds. The summed E-state index contributed by atoms with van der Waals surface area (Å²) in [6.45, 7) is 3.39. The molecule has 1 rings (SSSR count). The fraction of sp³-hybridized carbons (Fsp3) is 0.364. The molecule has 4 nitrogen and oxygen atoms in total. The molecule has 0 fully saturated rings. The largest absolute Gasteiger partial charge is 0.483 e. The van der Waals surface area contributed by atoms with Crippen LogP contribution >= 0.6 is 0 Å². The van der Waals surface area contributed by atoms with Crippen molar-refractivity contribution >= 4 is 5.91 Å². The van der Waals surface area contributed by atoms with Gasteiger partial charge in [0.05, 0.1) is 6.10 Å². The van der Waals surface area contributed by atoms with Gasteiger partial charge in [0.25, 0.3) is 5.91 Å². The Balaban J connectivity index is 2.90. The number of carbonyl (C=O) groups excluding carboxylic acids is 1. The van der Waals surface area contributed by atoms with Gasteiger partial charge in [0.2, 0.25) is 0 Å². The zero-order valence-corrected chi connectivity index (χ0v) is 8.86. The summed E-state index contributed by atoms with van der Waals surface area (Å²) >= 11 is 0. The molecular weight excluding hydrogens is 194 g/mol. The Kier molecular flexibility index (Phi) is 3.68. The summed E-state index contributed by atoms with van der Waals surface area (Å²) < 4.78 is 5.18. The lowest BCUT2D eigenvalue weighted by Crippen LogP contribution is -2.20. The van der Waals surface area contributed by atoms with Crippen LogP contribution in [0.1, 0.15) is 24.2 Å². The predicted molar refractivity (Wildman–Crippen MR) is 56.5 cm³/mol. The summed E-state index contributed by atoms with van der Waals surface area (Å²) in [5.41, 5.74) is 6.66. The Morgan fingerprint density at radius 3 is 2.80 bits per heavy atom. The van der Waals surface area contributed by atoms with E-state index in [0.717, 1.165) is 5.56 Å². The predicted octanol–water partition coefficient (Wildman–Crippen LogP) is 0.912. The molecule has 0 saturated carbocycles. The Bertz CT molecular complexity index is 361. The second-order valence-electron chi connectivity index (χ2n) is 3.47. The second kappa shape index (κ2) is 4.79. The van der Waals surface area contributed by atoms with E-state index in [2.05, 4.69) is 0 Å². The quantitative estimate of drug-likeness (QED) is 0.774. The Morgan fingerprint density at radius 2 is 2.27 bits per heavy atom. The van der Waals surface area contributed by atoms with Gasteiger partial charge >= 0.3 is 0 Å². The van der Waals surface area contributed by atoms with Crippen LogP contribution in [-0.4, -0.2) is 17.6 Å². The normalized spacial score (nSPS) is 12.2. The molecule has 0 aromatic heterocycles. The number of ether oxygens (including phenoxy) is 1. The van der Waals surface area contributed by atoms with Crippen LogP contribution in [0, 0.1) is 6.92 Å². The number of hydrogen-bond donors (Lipinski definition) is 2. The van der Waals surface area contributed by atoms with Gasteiger partial charge in [-0.3, -0.25) is 4.79 Å². The smallest absolute Gasteiger partial charge is 0.255 e. The van der Waals surface area contributed by atoms with Crippen molar-refractivity contribution in [1.82, 2.24) is 0 Å². The lowest BCUT2D eigenvalue weighted by Gasteiger charge is -2.13. The fourth-order valence-corrected chi connectivity index (χ4v) is 1.27. The number of hydrogen-bond acceptors (Lipinski definition) is 3. The minimum Gasteiger partial charge on any atom is -0.483 e. The van der Waals surface area contributed by atoms with Crippen LogP contribution in [0.15, 0.2) is 18.2 Å². The first-order valence-corrected chi connectivity index (χ1v) is 4.70. The number of amides is 1. The van der Waals surface area contributed by atoms with Crippen LogP contribution < -0.4 is 10.5 Å². The highest BCUT2D eigenvalue weighted by atomic mass is 16.5. The van der Waals surface area contributed by atoms with Crippen molar-refractivity contribution < 1.29 is 14.6 Å². The van der Waals surface area contributed by atoms with E-state index in [1.807, 2.05) is 19.1 Å². The minimum atomic E-state index is -0.632. The van der Waals surface area contributed by atoms with Crippen molar-refractivity contribution in [3.05, 3.63) is 29.3 Å². The Labute approximate surface area is 88.7 Å². The van der Waals surface area contributed by atoms with Crippen molar-refractivity contribution in [2.75, 3.05) is 6.61 Å². The highest BCUT2D eigenvalue weighted by molar-refractivity contribution is 5.75. The molecule has 0 aliphatic carbocycles. The lowest BCUT2D eigenvalue weighted by atomic mass is 10.1. The molecule has 3 N–H and O–H groups in total. The van der Waals surface area contributed by atoms with E-state index in [1.54, 1.807) is 13.0 Å². The summed E-state index contributed by atoms with van der Waals surface area (Å²) in [6.07, 6.45) is -0.632. The maximum Gasteiger partial charge on any atom is 0.255 e. The number of benzene rings is 1. The molecule has 15 heavy (non-hydrogen) atoms. The van der Waals surface area contributed by atoms with Gasteiger partial charge in [-0.1, -0.05) is 11.6 Å². The van der Waals surface area contributed by atoms with Crippen LogP contribution in [-0.2, 0) is 4.79 Å². The van der Waals surface area contributed by atoms with E-state index in [9.17, 15) is 9.90 Å². The summed E-state index contributed by atoms with van der Waals surface area (Å²) in [5, 5.41) is 9.50. The summed E-state index contributed by atoms with van der Waals surface area (Å²) in [6, 6.07) is 5.39. The highest BCUT2D eigenvalue weighted by Gasteiger charge is 2.09. The van der Waals surface area contributed by atoms with Gasteiger partial charge in [0.15, 0.2) is 6.61 Å². The van der Waals surface area contributed by atoms with E-state index < -0.39 is 12.0 Å². The molecule has 0 heterocycles. The number of nitrogens with two attached hydrogens (primary N) is 1. The van der Waals surface area contributed by atoms with Crippen LogP contribution in [0.2, 0.25) is 0 Å². The number of aryl methyl sites for hydroxylation is 1. The van der Waals surface area contributed by atoms with E-state index in [0.29, 0.717) is 11.3 Å². The lowest BCUT2D eigenvalue weighted by molar-refractivity contribution is -0.119. The number of primary amides is 1. The molecule has 1 aromatic carbocycles. The molecular formula is C11H15NO3. The average molecular weight is 209 g/mol. The fourth-order valence-electron chi connectivity index (χ4n) is 1.27. The Hall–Kier alpha value is -1.55. The van der Waals surface area contributed by atoms with Crippen molar-refractivity contribution in [2.45, 2.75) is 20.0 Å². The zero-order chi connectivity index (χ0) is 11.4. The maximum absolute atomic E-state index is 10.6. The summed E-state index contributed by atoms with van der Waals surface area (Å²) in [5.74, 6) is -0.0403. The monoisotopic (exact) mass is 209 g/mol. The van der Waals surface area contributed by atoms with Gasteiger partial charge in [-0.05, 0) is 26.0 Å². The molecule has 0 radical (unpaired) electrons. The standard InChI is InChI=1S/C11H15NO3/c1-7-3-4-10(15-6-11(12)14)9(5-7)8(2)13/h3-5,8,13H,6H2,1-2H3,(H2,12,14). The van der Waals surface area contributed by atoms with Crippen molar-refractivity contribution in [3.63, 3.8) is 0 Å². The summed E-state index contributed by atoms with van der Waals surface area (Å²) in [4.78, 5) is 10.6. The zero-order valence-electron chi connectivity index (χ0n) is 8.86. The minimum absolute atomic E-state index is 0.178. The molecule has 82 valence electrons. The number of rotatable bonds is 4. The van der Waals surface area contributed by atoms with Gasteiger partial charge < -0.3 is 15.6 Å². The van der Waals surface area contributed by atoms with E-state index >= 15 is 0 Å². The number of aliphatic hydroxyl groups is 1. The molecule has 4 heteroatoms. The number of carbonyl (C=O) groups is 1. The third-order valence-corrected chi connectivity index (χ3v) is 1.99. The van der Waals surface area contributed by atoms with Crippen molar-refractivity contribution in [3.8, 4) is 5.75 Å². The third kappa shape index (κ3) is 3.25. The van der Waals surface area contributed by atoms with Gasteiger partial charge in [-0.25, -0.2) is 0 Å². The van der Waals surface area contributed by atoms with E-state index in [1.165, 1.54) is 0 Å². The van der Waals surface area contributed by atoms with Crippen LogP contribution in [0.25, 0.3) is 0 Å². The van der Waals surface area contributed by atoms with Crippen LogP contribution in [0.3, 0.4) is 0 Å². The number of aliphatic hydroxyl groups excluding tert-OH is 1. The van der Waals surface area contributed by atoms with E-state index in [-0.39, 0.29) is 6.61 Å². The molecule has 1 aromatic rings. The van der Waals surface area contributed by atoms with Gasteiger partial charge in [-0.2, -0.15) is 0 Å². The summed E-state index contributed by atoms with van der Waals surface area (Å²) in [7, 11) is 0. The first-order valence-electron chi connectivity index (χ1n) is 4.70. The van der Waals surface area contributed by atoms with Gasteiger partial charge in [-0.15, -0.1) is 0 Å². The maximum atomic E-state index is 10.6. The van der Waals surface area contributed by atoms with Crippen LogP contribution in [0.5, 0.6) is 5.75 Å². The first kappa shape index (κ1) is 11.5.